The van der Waals surface area contributed by atoms with Crippen LogP contribution in [0.2, 0.25) is 0 Å². The molecule has 0 aromatic carbocycles. The summed E-state index contributed by atoms with van der Waals surface area (Å²) in [7, 11) is 0. The van der Waals surface area contributed by atoms with E-state index in [1.807, 2.05) is 0 Å². The first-order valence-electron chi connectivity index (χ1n) is 5.20. The van der Waals surface area contributed by atoms with Gasteiger partial charge in [0.1, 0.15) is 0 Å². The van der Waals surface area contributed by atoms with Gasteiger partial charge in [-0.3, -0.25) is 0 Å². The van der Waals surface area contributed by atoms with Gasteiger partial charge in [0.2, 0.25) is 0 Å². The van der Waals surface area contributed by atoms with Crippen molar-refractivity contribution in [2.75, 3.05) is 0 Å². The molecule has 1 fully saturated rings. The van der Waals surface area contributed by atoms with Crippen molar-refractivity contribution in [1.29, 1.82) is 0 Å². The van der Waals surface area contributed by atoms with Crippen LogP contribution < -0.4 is 0 Å². The van der Waals surface area contributed by atoms with Crippen molar-refractivity contribution in [3.63, 3.8) is 0 Å². The molecule has 3 atom stereocenters. The van der Waals surface area contributed by atoms with Gasteiger partial charge in [0.15, 0.2) is 0 Å². The molecule has 0 heterocycles. The summed E-state index contributed by atoms with van der Waals surface area (Å²) in [5, 5.41) is 9.71. The fourth-order valence-electron chi connectivity index (χ4n) is 2.15. The van der Waals surface area contributed by atoms with Crippen molar-refractivity contribution >= 4 is 0 Å². The molecule has 0 saturated heterocycles. The predicted octanol–water partition coefficient (Wildman–Crippen LogP) is 2.20. The summed E-state index contributed by atoms with van der Waals surface area (Å²) in [6.45, 7) is 6.66. The van der Waals surface area contributed by atoms with Crippen LogP contribution >= 0.6 is 0 Å². The van der Waals surface area contributed by atoms with Gasteiger partial charge in [0.05, 0.1) is 6.10 Å². The SMILES string of the molecule is CC(C)[C@@H]1CC[C@@H](C)C[C@H]1O.[O]=[Ti]=[O]. The molecule has 1 saturated carbocycles. The maximum atomic E-state index is 9.71. The first-order valence-corrected chi connectivity index (χ1v) is 6.47. The first-order chi connectivity index (χ1) is 6.52. The quantitative estimate of drug-likeness (QED) is 0.710. The molecule has 82 valence electrons. The third-order valence-electron chi connectivity index (χ3n) is 2.99. The van der Waals surface area contributed by atoms with Crippen LogP contribution in [0, 0.1) is 17.8 Å². The van der Waals surface area contributed by atoms with E-state index < -0.39 is 19.1 Å². The predicted molar refractivity (Wildman–Crippen MR) is 48.7 cm³/mol. The van der Waals surface area contributed by atoms with E-state index >= 15 is 0 Å². The summed E-state index contributed by atoms with van der Waals surface area (Å²) in [6.07, 6.45) is 3.52. The van der Waals surface area contributed by atoms with Gasteiger partial charge in [-0.15, -0.1) is 0 Å². The molecule has 1 aliphatic carbocycles. The monoisotopic (exact) mass is 236 g/mol. The summed E-state index contributed by atoms with van der Waals surface area (Å²) in [5.41, 5.74) is 0. The second kappa shape index (κ2) is 7.55. The summed E-state index contributed by atoms with van der Waals surface area (Å²) < 4.78 is 17.0. The Morgan fingerprint density at radius 2 is 1.79 bits per heavy atom. The molecule has 14 heavy (non-hydrogen) atoms. The van der Waals surface area contributed by atoms with Gasteiger partial charge >= 0.3 is 25.7 Å². The molecule has 1 N–H and O–H groups in total. The minimum absolute atomic E-state index is 0.0289. The Kier molecular flexibility index (Phi) is 7.70. The van der Waals surface area contributed by atoms with Crippen LogP contribution in [0.5, 0.6) is 0 Å². The fourth-order valence-corrected chi connectivity index (χ4v) is 2.15. The van der Waals surface area contributed by atoms with Gasteiger partial charge in [0, 0.05) is 0 Å². The molecule has 0 aromatic heterocycles. The van der Waals surface area contributed by atoms with Crippen molar-refractivity contribution in [3.8, 4) is 0 Å². The van der Waals surface area contributed by atoms with Gasteiger partial charge in [-0.25, -0.2) is 0 Å². The first kappa shape index (κ1) is 14.3. The van der Waals surface area contributed by atoms with Gasteiger partial charge in [-0.05, 0) is 30.6 Å². The van der Waals surface area contributed by atoms with E-state index in [9.17, 15) is 5.11 Å². The summed E-state index contributed by atoms with van der Waals surface area (Å²) >= 11 is -2.00. The maximum absolute atomic E-state index is 9.71. The molecule has 0 spiro atoms. The number of rotatable bonds is 1. The molecule has 0 aliphatic heterocycles. The molecule has 4 heteroatoms. The molecule has 0 unspecified atom stereocenters. The van der Waals surface area contributed by atoms with Crippen LogP contribution in [0.3, 0.4) is 0 Å². The van der Waals surface area contributed by atoms with E-state index in [4.69, 9.17) is 6.65 Å². The number of hydrogen-bond acceptors (Lipinski definition) is 3. The van der Waals surface area contributed by atoms with Crippen LogP contribution in [0.25, 0.3) is 0 Å². The van der Waals surface area contributed by atoms with E-state index in [0.717, 1.165) is 12.3 Å². The standard InChI is InChI=1S/C10H20O.2O.Ti/c1-7(2)9-5-4-8(3)6-10(9)11;;;/h7-11H,4-6H2,1-3H3;;;/t8-,9+,10-;;;/m1.../s1. The summed E-state index contributed by atoms with van der Waals surface area (Å²) in [5.74, 6) is 1.95. The van der Waals surface area contributed by atoms with Crippen molar-refractivity contribution in [2.24, 2.45) is 17.8 Å². The summed E-state index contributed by atoms with van der Waals surface area (Å²) in [6, 6.07) is 0. The Morgan fingerprint density at radius 3 is 2.14 bits per heavy atom. The van der Waals surface area contributed by atoms with E-state index in [-0.39, 0.29) is 6.10 Å². The number of hydrogen-bond donors (Lipinski definition) is 1. The van der Waals surface area contributed by atoms with E-state index in [1.54, 1.807) is 0 Å². The van der Waals surface area contributed by atoms with E-state index in [2.05, 4.69) is 20.8 Å². The number of aliphatic hydroxyl groups is 1. The molecular formula is C10H20O3Ti. The van der Waals surface area contributed by atoms with Crippen molar-refractivity contribution in [3.05, 3.63) is 0 Å². The Morgan fingerprint density at radius 1 is 1.29 bits per heavy atom. The Bertz CT molecular complexity index is 188. The van der Waals surface area contributed by atoms with Crippen molar-refractivity contribution in [1.82, 2.24) is 0 Å². The second-order valence-electron chi connectivity index (χ2n) is 4.48. The fraction of sp³-hybridized carbons (Fsp3) is 1.00. The van der Waals surface area contributed by atoms with Crippen LogP contribution in [-0.4, -0.2) is 11.2 Å². The van der Waals surface area contributed by atoms with Gasteiger partial charge in [-0.1, -0.05) is 27.2 Å². The van der Waals surface area contributed by atoms with Crippen molar-refractivity contribution in [2.45, 2.75) is 46.1 Å². The van der Waals surface area contributed by atoms with Gasteiger partial charge in [0.25, 0.3) is 0 Å². The van der Waals surface area contributed by atoms with Crippen LogP contribution in [0.15, 0.2) is 0 Å². The molecule has 1 rings (SSSR count). The molecule has 1 aliphatic rings. The van der Waals surface area contributed by atoms with Crippen molar-refractivity contribution < 1.29 is 30.8 Å². The normalized spacial score (nSPS) is 31.6. The molecule has 0 radical (unpaired) electrons. The van der Waals surface area contributed by atoms with Crippen LogP contribution in [0.4, 0.5) is 0 Å². The third kappa shape index (κ3) is 5.23. The van der Waals surface area contributed by atoms with E-state index in [0.29, 0.717) is 11.8 Å². The zero-order valence-corrected chi connectivity index (χ0v) is 10.8. The second-order valence-corrected chi connectivity index (χ2v) is 4.74. The van der Waals surface area contributed by atoms with Crippen LogP contribution in [0.1, 0.15) is 40.0 Å². The van der Waals surface area contributed by atoms with Crippen LogP contribution in [-0.2, 0) is 25.7 Å². The topological polar surface area (TPSA) is 54.4 Å². The summed E-state index contributed by atoms with van der Waals surface area (Å²) in [4.78, 5) is 0. The molecule has 3 nitrogen and oxygen atoms in total. The average molecular weight is 236 g/mol. The Labute approximate surface area is 94.8 Å². The molecule has 0 amide bonds. The Hall–Kier alpha value is 0.274. The average Bonchev–Trinajstić information content (AvgIpc) is 2.04. The Balaban J connectivity index is 0.000000500. The zero-order chi connectivity index (χ0) is 11.1. The van der Waals surface area contributed by atoms with Gasteiger partial charge < -0.3 is 5.11 Å². The minimum atomic E-state index is -2.00. The third-order valence-corrected chi connectivity index (χ3v) is 2.99. The number of aliphatic hydroxyl groups excluding tert-OH is 1. The van der Waals surface area contributed by atoms with E-state index in [1.165, 1.54) is 12.8 Å². The molecule has 0 aromatic rings. The van der Waals surface area contributed by atoms with Gasteiger partial charge in [-0.2, -0.15) is 0 Å². The molecule has 0 bridgehead atoms. The zero-order valence-electron chi connectivity index (χ0n) is 9.19. The molecular weight excluding hydrogens is 216 g/mol.